The summed E-state index contributed by atoms with van der Waals surface area (Å²) in [5.74, 6) is -15.1. The Morgan fingerprint density at radius 1 is 0.963 bits per heavy atom. The molecule has 1 N–H and O–H groups in total. The summed E-state index contributed by atoms with van der Waals surface area (Å²) in [7, 11) is 0. The summed E-state index contributed by atoms with van der Waals surface area (Å²) in [6, 6.07) is 11.4. The van der Waals surface area contributed by atoms with Gasteiger partial charge in [0.15, 0.2) is 0 Å². The molecule has 0 radical (unpaired) electrons. The van der Waals surface area contributed by atoms with Crippen molar-refractivity contribution in [1.82, 2.24) is 5.34 Å². The van der Waals surface area contributed by atoms with Gasteiger partial charge in [0, 0.05) is 5.56 Å². The van der Waals surface area contributed by atoms with E-state index in [0.717, 1.165) is 18.2 Å². The molecule has 2 aromatic rings. The Bertz CT molecular complexity index is 831. The van der Waals surface area contributed by atoms with E-state index in [4.69, 9.17) is 9.84 Å². The minimum atomic E-state index is -5.39. The van der Waals surface area contributed by atoms with Crippen LogP contribution >= 0.6 is 0 Å². The third kappa shape index (κ3) is 3.75. The average molecular weight is 389 g/mol. The Labute approximate surface area is 149 Å². The Morgan fingerprint density at radius 3 is 2.07 bits per heavy atom. The van der Waals surface area contributed by atoms with Crippen LogP contribution in [0.1, 0.15) is 21.5 Å². The lowest BCUT2D eigenvalue weighted by Crippen LogP contribution is -2.56. The van der Waals surface area contributed by atoms with Gasteiger partial charge < -0.3 is 9.84 Å². The van der Waals surface area contributed by atoms with Crippen molar-refractivity contribution < 1.29 is 41.6 Å². The number of carboxylic acids is 1. The van der Waals surface area contributed by atoms with Crippen LogP contribution in [0.2, 0.25) is 0 Å². The van der Waals surface area contributed by atoms with E-state index in [9.17, 15) is 31.7 Å². The van der Waals surface area contributed by atoms with Gasteiger partial charge in [-0.2, -0.15) is 8.78 Å². The molecule has 10 heteroatoms. The molecule has 2 aromatic carbocycles. The Hall–Kier alpha value is -3.01. The van der Waals surface area contributed by atoms with Crippen LogP contribution in [0, 0.1) is 0 Å². The number of esters is 1. The molecule has 1 atom stereocenters. The first kappa shape index (κ1) is 20.3. The van der Waals surface area contributed by atoms with E-state index in [1.807, 2.05) is 0 Å². The van der Waals surface area contributed by atoms with Crippen molar-refractivity contribution in [2.24, 2.45) is 0 Å². The summed E-state index contributed by atoms with van der Waals surface area (Å²) in [4.78, 5) is 22.9. The maximum Gasteiger partial charge on any atom is 0.382 e. The molecule has 0 fully saturated rings. The molecule has 0 heterocycles. The molecule has 0 aliphatic carbocycles. The zero-order chi connectivity index (χ0) is 20.2. The number of hydrogen-bond donors (Lipinski definition) is 1. The number of ether oxygens (including phenoxy) is 1. The number of halogens is 5. The minimum Gasteiger partial charge on any atom is -0.478 e. The predicted molar refractivity (Wildman–Crippen MR) is 81.4 cm³/mol. The average Bonchev–Trinajstić information content (AvgIpc) is 2.65. The van der Waals surface area contributed by atoms with Crippen LogP contribution in [0.5, 0.6) is 0 Å². The number of carbonyl (C=O) groups excluding carboxylic acids is 1. The fraction of sp³-hybridized carbons (Fsp3) is 0.176. The van der Waals surface area contributed by atoms with Crippen LogP contribution in [0.15, 0.2) is 54.6 Å². The number of aliphatic carboxylic acids is 1. The normalized spacial score (nSPS) is 13.9. The molecule has 0 saturated heterocycles. The molecule has 0 aliphatic rings. The third-order valence-electron chi connectivity index (χ3n) is 3.63. The van der Waals surface area contributed by atoms with Gasteiger partial charge in [-0.25, -0.2) is 14.0 Å². The van der Waals surface area contributed by atoms with Gasteiger partial charge in [0.1, 0.15) is 6.61 Å². The molecule has 0 bridgehead atoms. The van der Waals surface area contributed by atoms with Gasteiger partial charge in [0.2, 0.25) is 0 Å². The largest absolute Gasteiger partial charge is 0.478 e. The van der Waals surface area contributed by atoms with Crippen molar-refractivity contribution in [2.75, 3.05) is 0 Å². The summed E-state index contributed by atoms with van der Waals surface area (Å²) in [6.45, 7) is -0.322. The van der Waals surface area contributed by atoms with E-state index in [0.29, 0.717) is 11.6 Å². The fourth-order valence-corrected chi connectivity index (χ4v) is 2.23. The predicted octanol–water partition coefficient (Wildman–Crippen LogP) is 3.96. The van der Waals surface area contributed by atoms with E-state index in [-0.39, 0.29) is 6.61 Å². The second kappa shape index (κ2) is 7.70. The molecule has 5 nitrogen and oxygen atoms in total. The van der Waals surface area contributed by atoms with Gasteiger partial charge in [-0.1, -0.05) is 57.5 Å². The first-order chi connectivity index (χ1) is 12.6. The van der Waals surface area contributed by atoms with Crippen molar-refractivity contribution in [2.45, 2.75) is 18.3 Å². The van der Waals surface area contributed by atoms with Crippen molar-refractivity contribution in [3.63, 3.8) is 0 Å². The number of carbonyl (C=O) groups is 2. The van der Waals surface area contributed by atoms with E-state index in [2.05, 4.69) is 0 Å². The summed E-state index contributed by atoms with van der Waals surface area (Å²) in [5, 5.41) is 5.84. The number of rotatable bonds is 7. The highest BCUT2D eigenvalue weighted by atomic mass is 19.4. The Balaban J connectivity index is 2.39. The maximum atomic E-state index is 14.4. The SMILES string of the molecule is O=C(OCc1ccccc1)c1ccccc1C(F)(F)[C@@](F)(C(=O)O)N(F)F. The molecule has 27 heavy (non-hydrogen) atoms. The van der Waals surface area contributed by atoms with Crippen molar-refractivity contribution in [1.29, 1.82) is 0 Å². The zero-order valence-corrected chi connectivity index (χ0v) is 13.4. The van der Waals surface area contributed by atoms with Crippen molar-refractivity contribution >= 4 is 11.9 Å². The second-order valence-electron chi connectivity index (χ2n) is 5.34. The summed E-state index contributed by atoms with van der Waals surface area (Å²) in [5.41, 5.74) is -1.98. The monoisotopic (exact) mass is 389 g/mol. The standard InChI is InChI=1S/C17H12F5NO4/c18-16(19,17(20,15(25)26)23(21)22)13-9-5-4-8-12(13)14(24)27-10-11-6-2-1-3-7-11/h1-9H,10H2,(H,25,26)/t17-/m1/s1. The number of nitrogens with zero attached hydrogens (tertiary/aromatic N) is 1. The van der Waals surface area contributed by atoms with Crippen LogP contribution in [-0.4, -0.2) is 28.2 Å². The van der Waals surface area contributed by atoms with Gasteiger partial charge in [-0.15, -0.1) is 0 Å². The first-order valence-corrected chi connectivity index (χ1v) is 7.34. The number of carboxylic acid groups (broad SMARTS) is 1. The molecule has 0 amide bonds. The number of benzene rings is 2. The van der Waals surface area contributed by atoms with Crippen LogP contribution < -0.4 is 0 Å². The van der Waals surface area contributed by atoms with Crippen LogP contribution in [0.25, 0.3) is 0 Å². The highest BCUT2D eigenvalue weighted by Gasteiger charge is 2.69. The van der Waals surface area contributed by atoms with Gasteiger partial charge in [0.05, 0.1) is 10.9 Å². The number of alkyl halides is 3. The second-order valence-corrected chi connectivity index (χ2v) is 5.34. The lowest BCUT2D eigenvalue weighted by atomic mass is 9.94. The smallest absolute Gasteiger partial charge is 0.382 e. The highest BCUT2D eigenvalue weighted by molar-refractivity contribution is 5.92. The van der Waals surface area contributed by atoms with Gasteiger partial charge in [-0.3, -0.25) is 0 Å². The zero-order valence-electron chi connectivity index (χ0n) is 13.4. The van der Waals surface area contributed by atoms with E-state index < -0.39 is 40.1 Å². The Kier molecular flexibility index (Phi) is 5.79. The Morgan fingerprint density at radius 2 is 1.52 bits per heavy atom. The van der Waals surface area contributed by atoms with E-state index in [1.54, 1.807) is 30.3 Å². The van der Waals surface area contributed by atoms with Crippen LogP contribution in [0.4, 0.5) is 22.1 Å². The quantitative estimate of drug-likeness (QED) is 0.336. The molecule has 144 valence electrons. The molecule has 0 spiro atoms. The van der Waals surface area contributed by atoms with E-state index in [1.165, 1.54) is 0 Å². The number of hydrogen-bond acceptors (Lipinski definition) is 4. The maximum absolute atomic E-state index is 14.4. The van der Waals surface area contributed by atoms with Gasteiger partial charge in [-0.05, 0) is 11.6 Å². The van der Waals surface area contributed by atoms with Gasteiger partial charge in [0.25, 0.3) is 0 Å². The molecule has 0 aromatic heterocycles. The minimum absolute atomic E-state index is 0.322. The van der Waals surface area contributed by atoms with Crippen LogP contribution in [-0.2, 0) is 22.1 Å². The summed E-state index contributed by atoms with van der Waals surface area (Å²) in [6.07, 6.45) is 0. The molecule has 0 aliphatic heterocycles. The highest BCUT2D eigenvalue weighted by Crippen LogP contribution is 2.46. The summed E-state index contributed by atoms with van der Waals surface area (Å²) >= 11 is 0. The topological polar surface area (TPSA) is 66.8 Å². The molecule has 2 rings (SSSR count). The molecule has 0 unspecified atom stereocenters. The fourth-order valence-electron chi connectivity index (χ4n) is 2.23. The van der Waals surface area contributed by atoms with Crippen molar-refractivity contribution in [3.05, 3.63) is 71.3 Å². The lowest BCUT2D eigenvalue weighted by Gasteiger charge is -2.30. The molecule has 0 saturated carbocycles. The summed E-state index contributed by atoms with van der Waals surface area (Å²) < 4.78 is 73.1. The molecular formula is C17H12F5NO4. The first-order valence-electron chi connectivity index (χ1n) is 7.34. The third-order valence-corrected chi connectivity index (χ3v) is 3.63. The van der Waals surface area contributed by atoms with Gasteiger partial charge >= 0.3 is 23.7 Å². The molecular weight excluding hydrogens is 377 g/mol. The van der Waals surface area contributed by atoms with E-state index >= 15 is 0 Å². The lowest BCUT2D eigenvalue weighted by molar-refractivity contribution is -0.340. The van der Waals surface area contributed by atoms with Crippen molar-refractivity contribution in [3.8, 4) is 0 Å². The van der Waals surface area contributed by atoms with Crippen LogP contribution in [0.3, 0.4) is 0 Å².